The van der Waals surface area contributed by atoms with Crippen molar-refractivity contribution in [3.63, 3.8) is 0 Å². The van der Waals surface area contributed by atoms with Crippen molar-refractivity contribution >= 4 is 21.7 Å². The molecule has 8 nitrogen and oxygen atoms in total. The number of aryl methyl sites for hydroxylation is 2. The summed E-state index contributed by atoms with van der Waals surface area (Å²) in [6.07, 6.45) is 5.98. The maximum atomic E-state index is 12.8. The van der Waals surface area contributed by atoms with Crippen LogP contribution in [0.15, 0.2) is 35.9 Å². The van der Waals surface area contributed by atoms with Gasteiger partial charge in [-0.1, -0.05) is 6.07 Å². The summed E-state index contributed by atoms with van der Waals surface area (Å²) in [5.41, 5.74) is 1.00. The Morgan fingerprint density at radius 3 is 2.81 bits per heavy atom. The van der Waals surface area contributed by atoms with E-state index in [1.165, 1.54) is 16.8 Å². The number of sulfonamides is 1. The highest BCUT2D eigenvalue weighted by Gasteiger charge is 2.34. The molecule has 1 aliphatic rings. The number of piperidine rings is 1. The predicted octanol–water partition coefficient (Wildman–Crippen LogP) is 1.65. The fourth-order valence-corrected chi connectivity index (χ4v) is 4.38. The molecule has 0 bridgehead atoms. The molecule has 1 aliphatic heterocycles. The van der Waals surface area contributed by atoms with Gasteiger partial charge >= 0.3 is 0 Å². The molecule has 0 aromatic carbocycles. The van der Waals surface area contributed by atoms with Gasteiger partial charge in [-0.3, -0.25) is 4.79 Å². The molecule has 9 heteroatoms. The van der Waals surface area contributed by atoms with Crippen LogP contribution >= 0.6 is 0 Å². The second-order valence-electron chi connectivity index (χ2n) is 6.45. The number of hydrogen-bond acceptors (Lipinski definition) is 5. The molecule has 0 spiro atoms. The summed E-state index contributed by atoms with van der Waals surface area (Å²) >= 11 is 0. The Morgan fingerprint density at radius 2 is 2.15 bits per heavy atom. The fraction of sp³-hybridized carbons (Fsp3) is 0.471. The van der Waals surface area contributed by atoms with E-state index in [-0.39, 0.29) is 17.5 Å². The van der Waals surface area contributed by atoms with E-state index in [1.54, 1.807) is 16.8 Å². The molecular weight excluding hydrogens is 354 g/mol. The minimum absolute atomic E-state index is 0.0283. The molecule has 1 N–H and O–H groups in total. The Hall–Kier alpha value is -2.26. The molecule has 1 fully saturated rings. The van der Waals surface area contributed by atoms with Crippen LogP contribution in [0.5, 0.6) is 0 Å². The van der Waals surface area contributed by atoms with Crippen molar-refractivity contribution in [2.75, 3.05) is 18.4 Å². The summed E-state index contributed by atoms with van der Waals surface area (Å²) in [7, 11) is -3.69. The van der Waals surface area contributed by atoms with Crippen LogP contribution in [-0.2, 0) is 21.4 Å². The van der Waals surface area contributed by atoms with E-state index in [4.69, 9.17) is 0 Å². The lowest BCUT2D eigenvalue weighted by atomic mass is 9.99. The first-order chi connectivity index (χ1) is 12.4. The molecule has 0 radical (unpaired) electrons. The Balaban J connectivity index is 1.70. The van der Waals surface area contributed by atoms with Crippen LogP contribution in [0, 0.1) is 12.8 Å². The minimum Gasteiger partial charge on any atom is -0.336 e. The van der Waals surface area contributed by atoms with Crippen LogP contribution in [0.3, 0.4) is 0 Å². The molecule has 0 saturated carbocycles. The zero-order valence-corrected chi connectivity index (χ0v) is 15.7. The molecule has 1 unspecified atom stereocenters. The Kier molecular flexibility index (Phi) is 5.38. The monoisotopic (exact) mass is 377 g/mol. The number of imidazole rings is 1. The van der Waals surface area contributed by atoms with Crippen molar-refractivity contribution in [3.8, 4) is 0 Å². The lowest BCUT2D eigenvalue weighted by Gasteiger charge is -2.30. The number of rotatable bonds is 5. The minimum atomic E-state index is -3.69. The summed E-state index contributed by atoms with van der Waals surface area (Å²) in [5, 5.41) is 2.80. The summed E-state index contributed by atoms with van der Waals surface area (Å²) in [6.45, 7) is 5.03. The molecule has 0 aliphatic carbocycles. The first-order valence-electron chi connectivity index (χ1n) is 8.65. The first kappa shape index (κ1) is 18.5. The number of anilines is 1. The topological polar surface area (TPSA) is 97.2 Å². The van der Waals surface area contributed by atoms with Gasteiger partial charge in [-0.25, -0.2) is 18.4 Å². The van der Waals surface area contributed by atoms with Crippen LogP contribution in [0.25, 0.3) is 0 Å². The molecule has 3 heterocycles. The van der Waals surface area contributed by atoms with E-state index < -0.39 is 15.9 Å². The summed E-state index contributed by atoms with van der Waals surface area (Å²) < 4.78 is 28.6. The summed E-state index contributed by atoms with van der Waals surface area (Å²) in [4.78, 5) is 20.7. The number of pyridine rings is 1. The smallest absolute Gasteiger partial charge is 0.262 e. The third kappa shape index (κ3) is 3.94. The van der Waals surface area contributed by atoms with Crippen LogP contribution < -0.4 is 5.32 Å². The second kappa shape index (κ2) is 7.55. The number of carbonyl (C=O) groups is 1. The number of hydrogen-bond donors (Lipinski definition) is 1. The lowest BCUT2D eigenvalue weighted by molar-refractivity contribution is -0.120. The molecule has 2 aromatic heterocycles. The van der Waals surface area contributed by atoms with E-state index in [0.29, 0.717) is 31.7 Å². The Labute approximate surface area is 153 Å². The molecule has 1 amide bonds. The third-order valence-electron chi connectivity index (χ3n) is 4.50. The van der Waals surface area contributed by atoms with Crippen LogP contribution in [0.4, 0.5) is 5.82 Å². The van der Waals surface area contributed by atoms with Crippen molar-refractivity contribution in [2.45, 2.75) is 38.3 Å². The zero-order chi connectivity index (χ0) is 18.7. The van der Waals surface area contributed by atoms with Crippen LogP contribution in [0.1, 0.15) is 25.3 Å². The standard InChI is InChI=1S/C17H23N5O3S/c1-3-21-11-16(19-12-21)26(24,25)22-8-4-5-14(10-22)17(23)20-15-7-6-13(2)9-18-15/h6-7,9,11-12,14H,3-5,8,10H2,1-2H3,(H,18,20,23). The normalized spacial score (nSPS) is 18.6. The third-order valence-corrected chi connectivity index (χ3v) is 6.25. The highest BCUT2D eigenvalue weighted by Crippen LogP contribution is 2.24. The van der Waals surface area contributed by atoms with Crippen molar-refractivity contribution in [1.29, 1.82) is 0 Å². The van der Waals surface area contributed by atoms with Crippen LogP contribution in [-0.4, -0.2) is 46.3 Å². The largest absolute Gasteiger partial charge is 0.336 e. The molecule has 3 rings (SSSR count). The van der Waals surface area contributed by atoms with Gasteiger partial charge in [-0.2, -0.15) is 4.31 Å². The SMILES string of the molecule is CCn1cnc(S(=O)(=O)N2CCCC(C(=O)Nc3ccc(C)cn3)C2)c1. The number of aromatic nitrogens is 3. The van der Waals surface area contributed by atoms with Gasteiger partial charge in [-0.15, -0.1) is 0 Å². The van der Waals surface area contributed by atoms with E-state index in [0.717, 1.165) is 5.56 Å². The van der Waals surface area contributed by atoms with Crippen molar-refractivity contribution in [3.05, 3.63) is 36.4 Å². The van der Waals surface area contributed by atoms with Gasteiger partial charge in [0, 0.05) is 32.0 Å². The number of nitrogens with one attached hydrogen (secondary N) is 1. The molecule has 26 heavy (non-hydrogen) atoms. The maximum Gasteiger partial charge on any atom is 0.262 e. The van der Waals surface area contributed by atoms with Gasteiger partial charge in [0.1, 0.15) is 5.82 Å². The number of carbonyl (C=O) groups excluding carboxylic acids is 1. The van der Waals surface area contributed by atoms with Gasteiger partial charge in [-0.05, 0) is 38.3 Å². The molecule has 1 atom stereocenters. The predicted molar refractivity (Wildman–Crippen MR) is 97.0 cm³/mol. The maximum absolute atomic E-state index is 12.8. The average Bonchev–Trinajstić information content (AvgIpc) is 3.14. The summed E-state index contributed by atoms with van der Waals surface area (Å²) in [5.74, 6) is -0.141. The molecule has 1 saturated heterocycles. The molecular formula is C17H23N5O3S. The average molecular weight is 377 g/mol. The van der Waals surface area contributed by atoms with Gasteiger partial charge < -0.3 is 9.88 Å². The van der Waals surface area contributed by atoms with Gasteiger partial charge in [0.05, 0.1) is 12.2 Å². The van der Waals surface area contributed by atoms with Crippen molar-refractivity contribution < 1.29 is 13.2 Å². The van der Waals surface area contributed by atoms with E-state index in [2.05, 4.69) is 15.3 Å². The van der Waals surface area contributed by atoms with E-state index >= 15 is 0 Å². The highest BCUT2D eigenvalue weighted by atomic mass is 32.2. The summed E-state index contributed by atoms with van der Waals surface area (Å²) in [6, 6.07) is 3.60. The van der Waals surface area contributed by atoms with E-state index in [9.17, 15) is 13.2 Å². The van der Waals surface area contributed by atoms with Crippen LogP contribution in [0.2, 0.25) is 0 Å². The highest BCUT2D eigenvalue weighted by molar-refractivity contribution is 7.89. The quantitative estimate of drug-likeness (QED) is 0.854. The fourth-order valence-electron chi connectivity index (χ4n) is 2.92. The Morgan fingerprint density at radius 1 is 1.35 bits per heavy atom. The van der Waals surface area contributed by atoms with E-state index in [1.807, 2.05) is 19.9 Å². The number of amides is 1. The van der Waals surface area contributed by atoms with Crippen molar-refractivity contribution in [1.82, 2.24) is 18.8 Å². The van der Waals surface area contributed by atoms with Crippen molar-refractivity contribution in [2.24, 2.45) is 5.92 Å². The number of nitrogens with zero attached hydrogens (tertiary/aromatic N) is 4. The zero-order valence-electron chi connectivity index (χ0n) is 14.9. The molecule has 140 valence electrons. The van der Waals surface area contributed by atoms with Gasteiger partial charge in [0.25, 0.3) is 10.0 Å². The second-order valence-corrected chi connectivity index (χ2v) is 8.34. The first-order valence-corrected chi connectivity index (χ1v) is 10.1. The lowest BCUT2D eigenvalue weighted by Crippen LogP contribution is -2.43. The molecule has 2 aromatic rings. The Bertz CT molecular complexity index is 876. The van der Waals surface area contributed by atoms with Gasteiger partial charge in [0.2, 0.25) is 5.91 Å². The van der Waals surface area contributed by atoms with Gasteiger partial charge in [0.15, 0.2) is 5.03 Å².